The van der Waals surface area contributed by atoms with Crippen LogP contribution in [-0.4, -0.2) is 17.0 Å². The Morgan fingerprint density at radius 2 is 1.55 bits per heavy atom. The molecule has 20 heavy (non-hydrogen) atoms. The second-order valence-electron chi connectivity index (χ2n) is 6.63. The van der Waals surface area contributed by atoms with Gasteiger partial charge in [-0.1, -0.05) is 54.6 Å². The van der Waals surface area contributed by atoms with Crippen LogP contribution in [0.3, 0.4) is 0 Å². The fourth-order valence-electron chi connectivity index (χ4n) is 3.28. The van der Waals surface area contributed by atoms with E-state index in [0.29, 0.717) is 6.04 Å². The molecule has 1 heterocycles. The molecule has 0 amide bonds. The van der Waals surface area contributed by atoms with Crippen molar-refractivity contribution in [3.8, 4) is 0 Å². The van der Waals surface area contributed by atoms with Gasteiger partial charge in [0.1, 0.15) is 0 Å². The van der Waals surface area contributed by atoms with Gasteiger partial charge in [0.15, 0.2) is 0 Å². The second kappa shape index (κ2) is 5.06. The third kappa shape index (κ3) is 2.38. The molecule has 2 aromatic rings. The standard InChI is InChI=1S/C19H23N/c1-19(2,3)20-14-13-15-9-7-8-12-17(15)18(20)16-10-5-4-6-11-16/h4-12,18H,13-14H2,1-3H3/t18-/m1/s1. The Kier molecular flexibility index (Phi) is 3.39. The van der Waals surface area contributed by atoms with Crippen LogP contribution >= 0.6 is 0 Å². The van der Waals surface area contributed by atoms with E-state index >= 15 is 0 Å². The largest absolute Gasteiger partial charge is 0.287 e. The van der Waals surface area contributed by atoms with E-state index < -0.39 is 0 Å². The zero-order valence-corrected chi connectivity index (χ0v) is 12.6. The van der Waals surface area contributed by atoms with Gasteiger partial charge in [0.2, 0.25) is 0 Å². The number of hydrogen-bond donors (Lipinski definition) is 0. The first-order chi connectivity index (χ1) is 9.57. The van der Waals surface area contributed by atoms with Gasteiger partial charge in [-0.25, -0.2) is 0 Å². The zero-order valence-electron chi connectivity index (χ0n) is 12.6. The topological polar surface area (TPSA) is 3.24 Å². The van der Waals surface area contributed by atoms with Gasteiger partial charge in [0, 0.05) is 12.1 Å². The molecule has 2 aromatic carbocycles. The lowest BCUT2D eigenvalue weighted by atomic mass is 9.85. The summed E-state index contributed by atoms with van der Waals surface area (Å²) in [5, 5.41) is 0. The number of fused-ring (bicyclic) bond motifs is 1. The fraction of sp³-hybridized carbons (Fsp3) is 0.368. The van der Waals surface area contributed by atoms with Crippen molar-refractivity contribution in [2.45, 2.75) is 38.8 Å². The van der Waals surface area contributed by atoms with Gasteiger partial charge < -0.3 is 0 Å². The molecule has 0 aliphatic carbocycles. The first-order valence-electron chi connectivity index (χ1n) is 7.47. The summed E-state index contributed by atoms with van der Waals surface area (Å²) < 4.78 is 0. The number of benzene rings is 2. The van der Waals surface area contributed by atoms with Crippen LogP contribution in [0.4, 0.5) is 0 Å². The highest BCUT2D eigenvalue weighted by atomic mass is 15.2. The van der Waals surface area contributed by atoms with Gasteiger partial charge in [-0.3, -0.25) is 4.90 Å². The van der Waals surface area contributed by atoms with E-state index in [-0.39, 0.29) is 5.54 Å². The molecule has 0 saturated heterocycles. The van der Waals surface area contributed by atoms with Gasteiger partial charge in [-0.05, 0) is 43.9 Å². The second-order valence-corrected chi connectivity index (χ2v) is 6.63. The van der Waals surface area contributed by atoms with E-state index in [4.69, 9.17) is 0 Å². The zero-order chi connectivity index (χ0) is 14.2. The van der Waals surface area contributed by atoms with Gasteiger partial charge in [-0.2, -0.15) is 0 Å². The Labute approximate surface area is 122 Å². The SMILES string of the molecule is CC(C)(C)N1CCc2ccccc2[C@H]1c1ccccc1. The molecule has 1 heteroatoms. The lowest BCUT2D eigenvalue weighted by molar-refractivity contribution is 0.0926. The predicted molar refractivity (Wildman–Crippen MR) is 84.9 cm³/mol. The van der Waals surface area contributed by atoms with Crippen molar-refractivity contribution in [3.63, 3.8) is 0 Å². The number of nitrogens with zero attached hydrogens (tertiary/aromatic N) is 1. The molecule has 0 unspecified atom stereocenters. The minimum Gasteiger partial charge on any atom is -0.287 e. The fourth-order valence-corrected chi connectivity index (χ4v) is 3.28. The van der Waals surface area contributed by atoms with Gasteiger partial charge in [-0.15, -0.1) is 0 Å². The Hall–Kier alpha value is -1.60. The Balaban J connectivity index is 2.13. The molecular formula is C19H23N. The first-order valence-corrected chi connectivity index (χ1v) is 7.47. The quantitative estimate of drug-likeness (QED) is 0.737. The van der Waals surface area contributed by atoms with E-state index in [1.807, 2.05) is 0 Å². The van der Waals surface area contributed by atoms with Crippen LogP contribution in [0, 0.1) is 0 Å². The maximum atomic E-state index is 2.63. The maximum Gasteiger partial charge on any atom is 0.0608 e. The molecule has 0 fully saturated rings. The van der Waals surface area contributed by atoms with Gasteiger partial charge in [0.25, 0.3) is 0 Å². The summed E-state index contributed by atoms with van der Waals surface area (Å²) >= 11 is 0. The molecule has 3 rings (SSSR count). The average molecular weight is 265 g/mol. The molecule has 1 aliphatic rings. The Bertz CT molecular complexity index is 580. The molecule has 0 radical (unpaired) electrons. The normalized spacial score (nSPS) is 19.6. The molecule has 0 saturated carbocycles. The van der Waals surface area contributed by atoms with E-state index in [1.165, 1.54) is 16.7 Å². The lowest BCUT2D eigenvalue weighted by Gasteiger charge is -2.45. The van der Waals surface area contributed by atoms with E-state index in [1.54, 1.807) is 0 Å². The van der Waals surface area contributed by atoms with E-state index in [2.05, 4.69) is 80.3 Å². The molecule has 1 nitrogen and oxygen atoms in total. The highest BCUT2D eigenvalue weighted by molar-refractivity contribution is 5.40. The molecule has 1 aliphatic heterocycles. The van der Waals surface area contributed by atoms with Crippen LogP contribution in [0.25, 0.3) is 0 Å². The summed E-state index contributed by atoms with van der Waals surface area (Å²) in [4.78, 5) is 2.63. The van der Waals surface area contributed by atoms with E-state index in [0.717, 1.165) is 13.0 Å². The summed E-state index contributed by atoms with van der Waals surface area (Å²) in [5.74, 6) is 0. The highest BCUT2D eigenvalue weighted by Crippen LogP contribution is 2.38. The average Bonchev–Trinajstić information content (AvgIpc) is 2.46. The van der Waals surface area contributed by atoms with Crippen molar-refractivity contribution in [1.29, 1.82) is 0 Å². The van der Waals surface area contributed by atoms with Crippen LogP contribution in [0.5, 0.6) is 0 Å². The first kappa shape index (κ1) is 13.4. The lowest BCUT2D eigenvalue weighted by Crippen LogP contribution is -2.47. The molecule has 104 valence electrons. The summed E-state index contributed by atoms with van der Waals surface area (Å²) in [5.41, 5.74) is 4.55. The molecule has 0 aromatic heterocycles. The summed E-state index contributed by atoms with van der Waals surface area (Å²) in [6.07, 6.45) is 1.15. The third-order valence-electron chi connectivity index (χ3n) is 4.26. The van der Waals surface area contributed by atoms with Crippen molar-refractivity contribution >= 4 is 0 Å². The molecule has 0 spiro atoms. The number of rotatable bonds is 1. The van der Waals surface area contributed by atoms with Crippen LogP contribution in [0.15, 0.2) is 54.6 Å². The molecule has 0 N–H and O–H groups in total. The van der Waals surface area contributed by atoms with Gasteiger partial charge in [0.05, 0.1) is 6.04 Å². The van der Waals surface area contributed by atoms with Crippen molar-refractivity contribution in [2.75, 3.05) is 6.54 Å². The molecular weight excluding hydrogens is 242 g/mol. The Morgan fingerprint density at radius 3 is 2.25 bits per heavy atom. The van der Waals surface area contributed by atoms with Crippen molar-refractivity contribution < 1.29 is 0 Å². The minimum atomic E-state index is 0.175. The van der Waals surface area contributed by atoms with E-state index in [9.17, 15) is 0 Å². The predicted octanol–water partition coefficient (Wildman–Crippen LogP) is 4.43. The summed E-state index contributed by atoms with van der Waals surface area (Å²) in [6.45, 7) is 8.07. The highest BCUT2D eigenvalue weighted by Gasteiger charge is 2.34. The number of hydrogen-bond acceptors (Lipinski definition) is 1. The summed E-state index contributed by atoms with van der Waals surface area (Å²) in [6, 6.07) is 20.2. The van der Waals surface area contributed by atoms with Crippen molar-refractivity contribution in [3.05, 3.63) is 71.3 Å². The smallest absolute Gasteiger partial charge is 0.0608 e. The van der Waals surface area contributed by atoms with Crippen LogP contribution in [0.1, 0.15) is 43.5 Å². The Morgan fingerprint density at radius 1 is 0.900 bits per heavy atom. The van der Waals surface area contributed by atoms with Crippen molar-refractivity contribution in [2.24, 2.45) is 0 Å². The monoisotopic (exact) mass is 265 g/mol. The summed E-state index contributed by atoms with van der Waals surface area (Å²) in [7, 11) is 0. The van der Waals surface area contributed by atoms with Crippen LogP contribution in [-0.2, 0) is 6.42 Å². The van der Waals surface area contributed by atoms with Crippen molar-refractivity contribution in [1.82, 2.24) is 4.90 Å². The molecule has 1 atom stereocenters. The van der Waals surface area contributed by atoms with Gasteiger partial charge >= 0.3 is 0 Å². The molecule has 0 bridgehead atoms. The van der Waals surface area contributed by atoms with Crippen LogP contribution in [0.2, 0.25) is 0 Å². The third-order valence-corrected chi connectivity index (χ3v) is 4.26. The minimum absolute atomic E-state index is 0.175. The van der Waals surface area contributed by atoms with Crippen LogP contribution < -0.4 is 0 Å². The maximum absolute atomic E-state index is 2.63.